The van der Waals surface area contributed by atoms with Crippen molar-refractivity contribution in [2.75, 3.05) is 31.4 Å². The molecule has 3 aliphatic rings. The van der Waals surface area contributed by atoms with E-state index < -0.39 is 29.4 Å². The van der Waals surface area contributed by atoms with Gasteiger partial charge in [0.15, 0.2) is 6.10 Å². The van der Waals surface area contributed by atoms with Crippen molar-refractivity contribution in [1.82, 2.24) is 16.0 Å². The molecule has 3 heterocycles. The summed E-state index contributed by atoms with van der Waals surface area (Å²) < 4.78 is 10.9. The molecule has 0 aromatic carbocycles. The molecule has 3 aliphatic heterocycles. The van der Waals surface area contributed by atoms with Crippen LogP contribution in [0.25, 0.3) is 0 Å². The van der Waals surface area contributed by atoms with Crippen LogP contribution in [0, 0.1) is 10.1 Å². The average Bonchev–Trinajstić information content (AvgIpc) is 3.25. The zero-order chi connectivity index (χ0) is 17.1. The minimum Gasteiger partial charge on any atom is -0.371 e. The van der Waals surface area contributed by atoms with Crippen LogP contribution in [0.1, 0.15) is 0 Å². The van der Waals surface area contributed by atoms with Crippen LogP contribution in [0.2, 0.25) is 0 Å². The Balaban J connectivity index is 1.42. The molecule has 0 bridgehead atoms. The Bertz CT molecular complexity index is 516. The quantitative estimate of drug-likeness (QED) is 0.349. The molecular formula is C12H18N4O7S. The largest absolute Gasteiger partial charge is 0.371 e. The Labute approximate surface area is 141 Å². The zero-order valence-electron chi connectivity index (χ0n) is 12.6. The number of fused-ring (bicyclic) bond motifs is 1. The van der Waals surface area contributed by atoms with Crippen LogP contribution in [0.3, 0.4) is 0 Å². The number of nitrogens with one attached hydrogen (secondary N) is 3. The SMILES string of the molecule is O=C(CNC(=O)[C@@H]1CSCN1)N[C@H]1CO[C@H]2[C@@H]1OC[C@@H]2O[N+](=O)[O-]. The summed E-state index contributed by atoms with van der Waals surface area (Å²) in [6.45, 7) is 0.0578. The second kappa shape index (κ2) is 7.51. The lowest BCUT2D eigenvalue weighted by molar-refractivity contribution is -0.769. The number of hydrogen-bond donors (Lipinski definition) is 3. The fourth-order valence-corrected chi connectivity index (χ4v) is 3.84. The van der Waals surface area contributed by atoms with Crippen LogP contribution in [0.5, 0.6) is 0 Å². The van der Waals surface area contributed by atoms with Gasteiger partial charge in [-0.15, -0.1) is 21.9 Å². The highest BCUT2D eigenvalue weighted by atomic mass is 32.2. The van der Waals surface area contributed by atoms with Gasteiger partial charge in [-0.1, -0.05) is 0 Å². The lowest BCUT2D eigenvalue weighted by Gasteiger charge is -2.18. The molecular weight excluding hydrogens is 344 g/mol. The van der Waals surface area contributed by atoms with Gasteiger partial charge in [-0.3, -0.25) is 14.9 Å². The molecule has 0 aliphatic carbocycles. The summed E-state index contributed by atoms with van der Waals surface area (Å²) in [6.07, 6.45) is -1.88. The Morgan fingerprint density at radius 3 is 2.83 bits per heavy atom. The first kappa shape index (κ1) is 17.2. The van der Waals surface area contributed by atoms with Crippen molar-refractivity contribution in [3.8, 4) is 0 Å². The smallest absolute Gasteiger partial charge is 0.294 e. The summed E-state index contributed by atoms with van der Waals surface area (Å²) in [5, 5.41) is 17.8. The standard InChI is InChI=1S/C12H18N4O7S/c17-9(1-13-12(18)7-4-24-5-14-7)15-6-2-21-11-8(23-16(19)20)3-22-10(6)11/h6-8,10-11,14H,1-5H2,(H,13,18)(H,15,17)/t6-,7-,8-,10+,11+/m0/s1. The van der Waals surface area contributed by atoms with Gasteiger partial charge in [-0.2, -0.15) is 0 Å². The number of rotatable bonds is 6. The molecule has 3 N–H and O–H groups in total. The van der Waals surface area contributed by atoms with Crippen molar-refractivity contribution in [2.24, 2.45) is 0 Å². The molecule has 0 aromatic rings. The summed E-state index contributed by atoms with van der Waals surface area (Å²) in [6, 6.07) is -0.708. The molecule has 0 aromatic heterocycles. The van der Waals surface area contributed by atoms with E-state index in [1.165, 1.54) is 0 Å². The van der Waals surface area contributed by atoms with Crippen LogP contribution in [0.15, 0.2) is 0 Å². The van der Waals surface area contributed by atoms with Crippen LogP contribution in [-0.4, -0.2) is 78.7 Å². The van der Waals surface area contributed by atoms with Crippen molar-refractivity contribution in [1.29, 1.82) is 0 Å². The minimum absolute atomic E-state index is 0.0322. The second-order valence-corrected chi connectivity index (χ2v) is 6.66. The van der Waals surface area contributed by atoms with Crippen molar-refractivity contribution in [3.63, 3.8) is 0 Å². The van der Waals surface area contributed by atoms with E-state index in [0.29, 0.717) is 5.75 Å². The third-order valence-corrected chi connectivity index (χ3v) is 4.97. The Kier molecular flexibility index (Phi) is 5.38. The highest BCUT2D eigenvalue weighted by Crippen LogP contribution is 2.28. The summed E-state index contributed by atoms with van der Waals surface area (Å²) in [4.78, 5) is 38.7. The van der Waals surface area contributed by atoms with Gasteiger partial charge in [-0.05, 0) is 0 Å². The molecule has 3 rings (SSSR count). The Hall–Kier alpha value is -1.63. The van der Waals surface area contributed by atoms with Crippen LogP contribution >= 0.6 is 11.8 Å². The van der Waals surface area contributed by atoms with Gasteiger partial charge < -0.3 is 24.9 Å². The van der Waals surface area contributed by atoms with Gasteiger partial charge in [0.1, 0.15) is 12.2 Å². The number of hydrogen-bond acceptors (Lipinski definition) is 9. The highest BCUT2D eigenvalue weighted by molar-refractivity contribution is 7.99. The topological polar surface area (TPSA) is 141 Å². The summed E-state index contributed by atoms with van der Waals surface area (Å²) >= 11 is 1.62. The molecule has 134 valence electrons. The van der Waals surface area contributed by atoms with Crippen molar-refractivity contribution in [3.05, 3.63) is 10.1 Å². The maximum atomic E-state index is 12.0. The molecule has 0 unspecified atom stereocenters. The fourth-order valence-electron chi connectivity index (χ4n) is 2.90. The first-order valence-corrected chi connectivity index (χ1v) is 8.62. The minimum atomic E-state index is -0.878. The van der Waals surface area contributed by atoms with Gasteiger partial charge >= 0.3 is 0 Å². The van der Waals surface area contributed by atoms with E-state index in [9.17, 15) is 19.7 Å². The van der Waals surface area contributed by atoms with E-state index in [1.54, 1.807) is 11.8 Å². The number of carbonyl (C=O) groups excluding carboxylic acids is 2. The molecule has 0 spiro atoms. The van der Waals surface area contributed by atoms with Crippen LogP contribution in [-0.2, 0) is 23.9 Å². The van der Waals surface area contributed by atoms with Gasteiger partial charge in [0, 0.05) is 11.6 Å². The maximum absolute atomic E-state index is 12.0. The highest BCUT2D eigenvalue weighted by Gasteiger charge is 2.49. The second-order valence-electron chi connectivity index (χ2n) is 5.63. The molecule has 2 amide bonds. The van der Waals surface area contributed by atoms with Gasteiger partial charge in [0.2, 0.25) is 11.8 Å². The summed E-state index contributed by atoms with van der Waals surface area (Å²) in [7, 11) is 0. The molecule has 11 nitrogen and oxygen atoms in total. The predicted octanol–water partition coefficient (Wildman–Crippen LogP) is -2.38. The summed E-state index contributed by atoms with van der Waals surface area (Å²) in [5.41, 5.74) is 0. The Morgan fingerprint density at radius 1 is 1.33 bits per heavy atom. The molecule has 3 fully saturated rings. The average molecular weight is 362 g/mol. The molecule has 12 heteroatoms. The van der Waals surface area contributed by atoms with E-state index in [2.05, 4.69) is 20.8 Å². The molecule has 5 atom stereocenters. The third kappa shape index (κ3) is 3.88. The molecule has 3 saturated heterocycles. The number of nitrogens with zero attached hydrogens (tertiary/aromatic N) is 1. The van der Waals surface area contributed by atoms with E-state index in [0.717, 1.165) is 5.88 Å². The van der Waals surface area contributed by atoms with E-state index in [4.69, 9.17) is 9.47 Å². The summed E-state index contributed by atoms with van der Waals surface area (Å²) in [5.74, 6) is 0.814. The van der Waals surface area contributed by atoms with Crippen molar-refractivity contribution in [2.45, 2.75) is 30.4 Å². The van der Waals surface area contributed by atoms with E-state index in [-0.39, 0.29) is 37.6 Å². The number of thioether (sulfide) groups is 1. The fraction of sp³-hybridized carbons (Fsp3) is 0.833. The Morgan fingerprint density at radius 2 is 2.12 bits per heavy atom. The number of carbonyl (C=O) groups is 2. The van der Waals surface area contributed by atoms with Crippen LogP contribution < -0.4 is 16.0 Å². The third-order valence-electron chi connectivity index (χ3n) is 4.03. The monoisotopic (exact) mass is 362 g/mol. The normalized spacial score (nSPS) is 34.6. The van der Waals surface area contributed by atoms with Crippen LogP contribution in [0.4, 0.5) is 0 Å². The number of amides is 2. The number of ether oxygens (including phenoxy) is 2. The predicted molar refractivity (Wildman–Crippen MR) is 80.5 cm³/mol. The maximum Gasteiger partial charge on any atom is 0.294 e. The van der Waals surface area contributed by atoms with E-state index in [1.807, 2.05) is 0 Å². The lowest BCUT2D eigenvalue weighted by Crippen LogP contribution is -2.50. The van der Waals surface area contributed by atoms with Gasteiger partial charge in [0.05, 0.1) is 31.8 Å². The van der Waals surface area contributed by atoms with Gasteiger partial charge in [-0.25, -0.2) is 0 Å². The van der Waals surface area contributed by atoms with Crippen molar-refractivity contribution >= 4 is 23.6 Å². The van der Waals surface area contributed by atoms with E-state index >= 15 is 0 Å². The van der Waals surface area contributed by atoms with Crippen molar-refractivity contribution < 1.29 is 29.0 Å². The first-order chi connectivity index (χ1) is 11.5. The van der Waals surface area contributed by atoms with Gasteiger partial charge in [0.25, 0.3) is 5.09 Å². The lowest BCUT2D eigenvalue weighted by atomic mass is 10.1. The molecule has 0 saturated carbocycles. The molecule has 0 radical (unpaired) electrons. The molecule has 24 heavy (non-hydrogen) atoms. The zero-order valence-corrected chi connectivity index (χ0v) is 13.5. The first-order valence-electron chi connectivity index (χ1n) is 7.47.